The summed E-state index contributed by atoms with van der Waals surface area (Å²) in [6, 6.07) is 13.3. The Morgan fingerprint density at radius 1 is 1.29 bits per heavy atom. The first-order valence-electron chi connectivity index (χ1n) is 8.79. The molecule has 0 aliphatic carbocycles. The molecular weight excluding hydrogens is 361 g/mol. The zero-order chi connectivity index (χ0) is 20.1. The van der Waals surface area contributed by atoms with Crippen molar-refractivity contribution < 1.29 is 19.0 Å². The van der Waals surface area contributed by atoms with Crippen LogP contribution in [0.2, 0.25) is 0 Å². The van der Waals surface area contributed by atoms with Crippen molar-refractivity contribution in [3.63, 3.8) is 0 Å². The van der Waals surface area contributed by atoms with Gasteiger partial charge in [-0.05, 0) is 42.3 Å². The standard InChI is InChI=1S/C21H22FN3O3/c1-21(27,17-4-3-5-18(22)10-17)14-23-20(26)16-11-24-25(13-16)12-15-6-8-19(28-2)9-7-15/h3-11,13,27H,12,14H2,1-2H3,(H,23,26). The Morgan fingerprint density at radius 3 is 2.71 bits per heavy atom. The number of carbonyl (C=O) groups is 1. The lowest BCUT2D eigenvalue weighted by Gasteiger charge is -2.24. The van der Waals surface area contributed by atoms with E-state index in [9.17, 15) is 14.3 Å². The molecule has 0 aliphatic rings. The fraction of sp³-hybridized carbons (Fsp3) is 0.238. The number of nitrogens with one attached hydrogen (secondary N) is 1. The highest BCUT2D eigenvalue weighted by Gasteiger charge is 2.24. The summed E-state index contributed by atoms with van der Waals surface area (Å²) in [5.74, 6) is -0.0313. The first kappa shape index (κ1) is 19.6. The third kappa shape index (κ3) is 4.75. The molecule has 0 fully saturated rings. The first-order valence-corrected chi connectivity index (χ1v) is 8.79. The number of carbonyl (C=O) groups excluding carboxylic acids is 1. The molecule has 1 unspecified atom stereocenters. The van der Waals surface area contributed by atoms with Gasteiger partial charge in [0.05, 0.1) is 32.0 Å². The number of aromatic nitrogens is 2. The van der Waals surface area contributed by atoms with Gasteiger partial charge in [-0.1, -0.05) is 24.3 Å². The fourth-order valence-corrected chi connectivity index (χ4v) is 2.77. The molecule has 28 heavy (non-hydrogen) atoms. The van der Waals surface area contributed by atoms with Gasteiger partial charge in [-0.3, -0.25) is 9.48 Å². The van der Waals surface area contributed by atoms with Gasteiger partial charge >= 0.3 is 0 Å². The van der Waals surface area contributed by atoms with Crippen molar-refractivity contribution in [2.75, 3.05) is 13.7 Å². The maximum atomic E-state index is 13.4. The second kappa shape index (κ2) is 8.22. The molecule has 7 heteroatoms. The largest absolute Gasteiger partial charge is 0.497 e. The van der Waals surface area contributed by atoms with Gasteiger partial charge in [-0.2, -0.15) is 5.10 Å². The van der Waals surface area contributed by atoms with Crippen LogP contribution < -0.4 is 10.1 Å². The van der Waals surface area contributed by atoms with Gasteiger partial charge in [0.2, 0.25) is 0 Å². The first-order chi connectivity index (χ1) is 13.4. The smallest absolute Gasteiger partial charge is 0.254 e. The van der Waals surface area contributed by atoms with Crippen LogP contribution in [0.3, 0.4) is 0 Å². The van der Waals surface area contributed by atoms with E-state index in [2.05, 4.69) is 10.4 Å². The maximum Gasteiger partial charge on any atom is 0.254 e. The van der Waals surface area contributed by atoms with Crippen LogP contribution >= 0.6 is 0 Å². The highest BCUT2D eigenvalue weighted by molar-refractivity contribution is 5.93. The number of hydrogen-bond acceptors (Lipinski definition) is 4. The van der Waals surface area contributed by atoms with Gasteiger partial charge in [0.25, 0.3) is 5.91 Å². The molecule has 146 valence electrons. The van der Waals surface area contributed by atoms with Gasteiger partial charge in [0, 0.05) is 6.20 Å². The summed E-state index contributed by atoms with van der Waals surface area (Å²) in [7, 11) is 1.61. The van der Waals surface area contributed by atoms with E-state index in [0.29, 0.717) is 17.7 Å². The predicted octanol–water partition coefficient (Wildman–Crippen LogP) is 2.72. The molecule has 0 saturated carbocycles. The number of amides is 1. The van der Waals surface area contributed by atoms with E-state index < -0.39 is 11.4 Å². The molecule has 1 atom stereocenters. The molecule has 0 bridgehead atoms. The maximum absolute atomic E-state index is 13.4. The lowest BCUT2D eigenvalue weighted by atomic mass is 9.96. The Kier molecular flexibility index (Phi) is 5.75. The van der Waals surface area contributed by atoms with Crippen molar-refractivity contribution in [3.05, 3.63) is 83.4 Å². The predicted molar refractivity (Wildman–Crippen MR) is 103 cm³/mol. The third-order valence-corrected chi connectivity index (χ3v) is 4.44. The minimum atomic E-state index is -1.39. The molecule has 1 aromatic heterocycles. The minimum Gasteiger partial charge on any atom is -0.497 e. The Hall–Kier alpha value is -3.19. The Balaban J connectivity index is 1.60. The van der Waals surface area contributed by atoms with E-state index in [1.54, 1.807) is 24.1 Å². The molecule has 0 saturated heterocycles. The monoisotopic (exact) mass is 383 g/mol. The number of nitrogens with zero attached hydrogens (tertiary/aromatic N) is 2. The van der Waals surface area contributed by atoms with Crippen LogP contribution in [-0.4, -0.2) is 34.4 Å². The lowest BCUT2D eigenvalue weighted by molar-refractivity contribution is 0.0524. The van der Waals surface area contributed by atoms with Crippen LogP contribution in [0.15, 0.2) is 60.9 Å². The molecule has 0 aliphatic heterocycles. The van der Waals surface area contributed by atoms with Gasteiger partial charge in [-0.25, -0.2) is 4.39 Å². The summed E-state index contributed by atoms with van der Waals surface area (Å²) in [5, 5.41) is 17.4. The Bertz CT molecular complexity index is 952. The van der Waals surface area contributed by atoms with Crippen LogP contribution in [0.5, 0.6) is 5.75 Å². The number of halogens is 1. The zero-order valence-corrected chi connectivity index (χ0v) is 15.7. The van der Waals surface area contributed by atoms with Crippen LogP contribution in [0.25, 0.3) is 0 Å². The molecule has 0 radical (unpaired) electrons. The molecule has 0 spiro atoms. The number of ether oxygens (including phenoxy) is 1. The van der Waals surface area contributed by atoms with Gasteiger partial charge in [0.1, 0.15) is 17.2 Å². The van der Waals surface area contributed by atoms with Gasteiger partial charge < -0.3 is 15.2 Å². The zero-order valence-electron chi connectivity index (χ0n) is 15.7. The molecule has 2 N–H and O–H groups in total. The summed E-state index contributed by atoms with van der Waals surface area (Å²) in [6.45, 7) is 1.98. The van der Waals surface area contributed by atoms with E-state index in [1.165, 1.54) is 31.3 Å². The van der Waals surface area contributed by atoms with Crippen molar-refractivity contribution in [1.29, 1.82) is 0 Å². The van der Waals surface area contributed by atoms with Crippen LogP contribution in [-0.2, 0) is 12.1 Å². The molecule has 6 nitrogen and oxygen atoms in total. The van der Waals surface area contributed by atoms with Crippen molar-refractivity contribution >= 4 is 5.91 Å². The third-order valence-electron chi connectivity index (χ3n) is 4.44. The van der Waals surface area contributed by atoms with E-state index >= 15 is 0 Å². The minimum absolute atomic E-state index is 0.0566. The molecule has 2 aromatic carbocycles. The quantitative estimate of drug-likeness (QED) is 0.658. The summed E-state index contributed by atoms with van der Waals surface area (Å²) < 4.78 is 20.2. The lowest BCUT2D eigenvalue weighted by Crippen LogP contribution is -2.38. The average molecular weight is 383 g/mol. The van der Waals surface area contributed by atoms with Crippen molar-refractivity contribution in [3.8, 4) is 5.75 Å². The van der Waals surface area contributed by atoms with Gasteiger partial charge in [-0.15, -0.1) is 0 Å². The van der Waals surface area contributed by atoms with Crippen LogP contribution in [0.4, 0.5) is 4.39 Å². The highest BCUT2D eigenvalue weighted by atomic mass is 19.1. The summed E-state index contributed by atoms with van der Waals surface area (Å²) in [5.41, 5.74) is 0.396. The van der Waals surface area contributed by atoms with E-state index in [4.69, 9.17) is 4.74 Å². The fourth-order valence-electron chi connectivity index (χ4n) is 2.77. The molecule has 1 heterocycles. The van der Waals surface area contributed by atoms with E-state index in [1.807, 2.05) is 24.3 Å². The SMILES string of the molecule is COc1ccc(Cn2cc(C(=O)NCC(C)(O)c3cccc(F)c3)cn2)cc1. The molecule has 3 rings (SSSR count). The number of benzene rings is 2. The highest BCUT2D eigenvalue weighted by Crippen LogP contribution is 2.20. The van der Waals surface area contributed by atoms with Crippen LogP contribution in [0.1, 0.15) is 28.4 Å². The Labute approximate surface area is 162 Å². The Morgan fingerprint density at radius 2 is 2.04 bits per heavy atom. The summed E-state index contributed by atoms with van der Waals surface area (Å²) >= 11 is 0. The summed E-state index contributed by atoms with van der Waals surface area (Å²) in [4.78, 5) is 12.4. The van der Waals surface area contributed by atoms with Crippen molar-refractivity contribution in [1.82, 2.24) is 15.1 Å². The topological polar surface area (TPSA) is 76.4 Å². The normalized spacial score (nSPS) is 13.0. The number of hydrogen-bond donors (Lipinski definition) is 2. The van der Waals surface area contributed by atoms with Crippen molar-refractivity contribution in [2.24, 2.45) is 0 Å². The van der Waals surface area contributed by atoms with E-state index in [-0.39, 0.29) is 12.5 Å². The van der Waals surface area contributed by atoms with Crippen molar-refractivity contribution in [2.45, 2.75) is 19.1 Å². The number of aliphatic hydroxyl groups is 1. The number of methoxy groups -OCH3 is 1. The molecule has 1 amide bonds. The molecule has 3 aromatic rings. The van der Waals surface area contributed by atoms with E-state index in [0.717, 1.165) is 11.3 Å². The second-order valence-electron chi connectivity index (χ2n) is 6.74. The molecular formula is C21H22FN3O3. The summed E-state index contributed by atoms with van der Waals surface area (Å²) in [6.07, 6.45) is 3.10. The number of rotatable bonds is 7. The average Bonchev–Trinajstić information content (AvgIpc) is 3.15. The second-order valence-corrected chi connectivity index (χ2v) is 6.74. The van der Waals surface area contributed by atoms with Gasteiger partial charge in [0.15, 0.2) is 0 Å². The van der Waals surface area contributed by atoms with Crippen LogP contribution in [0, 0.1) is 5.82 Å².